The predicted octanol–water partition coefficient (Wildman–Crippen LogP) is 1.60. The second-order valence-electron chi connectivity index (χ2n) is 2.44. The maximum absolute atomic E-state index is 10.7. The van der Waals surface area contributed by atoms with Gasteiger partial charge in [0.15, 0.2) is 0 Å². The van der Waals surface area contributed by atoms with E-state index in [1.807, 2.05) is 0 Å². The number of carbonyl (C=O) groups excluding carboxylic acids is 1. The molecule has 0 spiro atoms. The summed E-state index contributed by atoms with van der Waals surface area (Å²) in [5, 5.41) is 5.93. The van der Waals surface area contributed by atoms with Crippen molar-refractivity contribution in [1.29, 1.82) is 0 Å². The van der Waals surface area contributed by atoms with Gasteiger partial charge in [0.2, 0.25) is 5.91 Å². The first-order valence-electron chi connectivity index (χ1n) is 4.02. The molecule has 1 amide bonds. The summed E-state index contributed by atoms with van der Waals surface area (Å²) in [6.45, 7) is 0.532. The molecule has 0 aromatic rings. The molecule has 0 bridgehead atoms. The number of carbonyl (C=O) groups is 1. The Hall–Kier alpha value is -1.22. The third-order valence-electron chi connectivity index (χ3n) is 1.50. The number of hydrogen-bond acceptors (Lipinski definition) is 2. The molecule has 0 aromatic carbocycles. The van der Waals surface area contributed by atoms with Gasteiger partial charge in [-0.3, -0.25) is 4.79 Å². The maximum Gasteiger partial charge on any atom is 0.219 e. The van der Waals surface area contributed by atoms with Gasteiger partial charge in [-0.1, -0.05) is 11.5 Å². The fraction of sp³-hybridized carbons (Fsp3) is 0.857. The molecular weight excluding hydrogens is 156 g/mol. The van der Waals surface area contributed by atoms with E-state index in [9.17, 15) is 4.79 Å². The van der Waals surface area contributed by atoms with Gasteiger partial charge in [0.1, 0.15) is 0 Å². The van der Waals surface area contributed by atoms with Gasteiger partial charge in [0.25, 0.3) is 0 Å². The highest BCUT2D eigenvalue weighted by Crippen LogP contribution is 1.99. The first-order chi connectivity index (χ1) is 5.81. The average molecular weight is 170 g/mol. The van der Waals surface area contributed by atoms with Crippen molar-refractivity contribution in [3.8, 4) is 0 Å². The number of rotatable bonds is 6. The summed E-state index contributed by atoms with van der Waals surface area (Å²) in [6.07, 6.45) is 3.22. The number of hydrogen-bond donors (Lipinski definition) is 1. The van der Waals surface area contributed by atoms with E-state index in [4.69, 9.17) is 5.53 Å². The van der Waals surface area contributed by atoms with E-state index in [-0.39, 0.29) is 5.91 Å². The van der Waals surface area contributed by atoms with Gasteiger partial charge in [-0.15, -0.1) is 0 Å². The monoisotopic (exact) mass is 170 g/mol. The molecule has 0 aromatic heterocycles. The summed E-state index contributed by atoms with van der Waals surface area (Å²) in [5.41, 5.74) is 7.94. The lowest BCUT2D eigenvalue weighted by Crippen LogP contribution is -2.16. The minimum absolute atomic E-state index is 0.0683. The van der Waals surface area contributed by atoms with Crippen molar-refractivity contribution in [2.75, 3.05) is 13.6 Å². The molecule has 1 N–H and O–H groups in total. The number of nitrogens with one attached hydrogen (secondary N) is 1. The van der Waals surface area contributed by atoms with Gasteiger partial charge < -0.3 is 5.32 Å². The minimum atomic E-state index is 0.0683. The number of azide groups is 1. The van der Waals surface area contributed by atoms with E-state index >= 15 is 0 Å². The number of unbranched alkanes of at least 4 members (excludes halogenated alkanes) is 2. The lowest BCUT2D eigenvalue weighted by atomic mass is 10.2. The molecular formula is C7H14N4O. The maximum atomic E-state index is 10.7. The van der Waals surface area contributed by atoms with Crippen LogP contribution in [0.1, 0.15) is 25.7 Å². The zero-order valence-corrected chi connectivity index (χ0v) is 7.29. The Balaban J connectivity index is 3.10. The normalized spacial score (nSPS) is 8.75. The molecule has 5 heteroatoms. The third kappa shape index (κ3) is 6.89. The van der Waals surface area contributed by atoms with Crippen LogP contribution < -0.4 is 5.32 Å². The van der Waals surface area contributed by atoms with Crippen LogP contribution in [0.25, 0.3) is 10.4 Å². The third-order valence-corrected chi connectivity index (χ3v) is 1.50. The molecule has 0 saturated heterocycles. The van der Waals surface area contributed by atoms with Crippen molar-refractivity contribution < 1.29 is 4.79 Å². The lowest BCUT2D eigenvalue weighted by molar-refractivity contribution is -0.120. The van der Waals surface area contributed by atoms with Crippen LogP contribution in [-0.2, 0) is 4.79 Å². The molecule has 0 saturated carbocycles. The topological polar surface area (TPSA) is 77.9 Å². The van der Waals surface area contributed by atoms with Crippen LogP contribution in [0.5, 0.6) is 0 Å². The fourth-order valence-corrected chi connectivity index (χ4v) is 0.815. The van der Waals surface area contributed by atoms with Crippen molar-refractivity contribution in [2.24, 2.45) is 5.11 Å². The molecule has 0 unspecified atom stereocenters. The highest BCUT2D eigenvalue weighted by atomic mass is 16.1. The Bertz CT molecular complexity index is 174. The Morgan fingerprint density at radius 2 is 2.25 bits per heavy atom. The van der Waals surface area contributed by atoms with Gasteiger partial charge in [-0.25, -0.2) is 0 Å². The quantitative estimate of drug-likeness (QED) is 0.279. The fourth-order valence-electron chi connectivity index (χ4n) is 0.815. The molecule has 0 aliphatic carbocycles. The second-order valence-corrected chi connectivity index (χ2v) is 2.44. The van der Waals surface area contributed by atoms with Crippen molar-refractivity contribution in [3.63, 3.8) is 0 Å². The van der Waals surface area contributed by atoms with E-state index in [1.165, 1.54) is 0 Å². The standard InChI is InChI=1S/C7H14N4O/c1-9-7(12)5-3-2-4-6-10-11-8/h2-6H2,1H3,(H,9,12). The van der Waals surface area contributed by atoms with E-state index < -0.39 is 0 Å². The van der Waals surface area contributed by atoms with E-state index in [2.05, 4.69) is 15.3 Å². The summed E-state index contributed by atoms with van der Waals surface area (Å²) in [6, 6.07) is 0. The summed E-state index contributed by atoms with van der Waals surface area (Å²) >= 11 is 0. The van der Waals surface area contributed by atoms with Crippen molar-refractivity contribution in [2.45, 2.75) is 25.7 Å². The molecule has 0 aliphatic rings. The summed E-state index contributed by atoms with van der Waals surface area (Å²) in [7, 11) is 1.63. The van der Waals surface area contributed by atoms with Crippen LogP contribution in [0.2, 0.25) is 0 Å². The van der Waals surface area contributed by atoms with Crippen LogP contribution in [0.3, 0.4) is 0 Å². The Kier molecular flexibility index (Phi) is 7.08. The molecule has 0 rings (SSSR count). The molecule has 0 fully saturated rings. The summed E-state index contributed by atoms with van der Waals surface area (Å²) in [5.74, 6) is 0.0683. The first kappa shape index (κ1) is 10.8. The zero-order valence-electron chi connectivity index (χ0n) is 7.29. The van der Waals surface area contributed by atoms with Crippen LogP contribution >= 0.6 is 0 Å². The molecule has 0 aliphatic heterocycles. The SMILES string of the molecule is CNC(=O)CCCCCN=[N+]=[N-]. The van der Waals surface area contributed by atoms with E-state index in [0.717, 1.165) is 19.3 Å². The van der Waals surface area contributed by atoms with Gasteiger partial charge in [-0.2, -0.15) is 0 Å². The minimum Gasteiger partial charge on any atom is -0.359 e. The second kappa shape index (κ2) is 7.88. The van der Waals surface area contributed by atoms with Gasteiger partial charge >= 0.3 is 0 Å². The average Bonchev–Trinajstić information content (AvgIpc) is 2.10. The lowest BCUT2D eigenvalue weighted by Gasteiger charge is -1.97. The van der Waals surface area contributed by atoms with Crippen LogP contribution in [0.4, 0.5) is 0 Å². The molecule has 0 heterocycles. The molecule has 0 radical (unpaired) electrons. The zero-order chi connectivity index (χ0) is 9.23. The Morgan fingerprint density at radius 1 is 1.50 bits per heavy atom. The van der Waals surface area contributed by atoms with Crippen molar-refractivity contribution in [1.82, 2.24) is 5.32 Å². The van der Waals surface area contributed by atoms with Gasteiger partial charge in [-0.05, 0) is 18.4 Å². The Labute approximate surface area is 71.8 Å². The van der Waals surface area contributed by atoms with Crippen LogP contribution in [0, 0.1) is 0 Å². The Morgan fingerprint density at radius 3 is 2.83 bits per heavy atom. The highest BCUT2D eigenvalue weighted by molar-refractivity contribution is 5.75. The van der Waals surface area contributed by atoms with Crippen LogP contribution in [0.15, 0.2) is 5.11 Å². The molecule has 68 valence electrons. The molecule has 12 heavy (non-hydrogen) atoms. The van der Waals surface area contributed by atoms with Crippen molar-refractivity contribution in [3.05, 3.63) is 10.4 Å². The summed E-state index contributed by atoms with van der Waals surface area (Å²) in [4.78, 5) is 13.3. The molecule has 0 atom stereocenters. The van der Waals surface area contributed by atoms with Crippen LogP contribution in [-0.4, -0.2) is 19.5 Å². The smallest absolute Gasteiger partial charge is 0.219 e. The first-order valence-corrected chi connectivity index (χ1v) is 4.02. The van der Waals surface area contributed by atoms with E-state index in [1.54, 1.807) is 7.05 Å². The highest BCUT2D eigenvalue weighted by Gasteiger charge is 1.95. The van der Waals surface area contributed by atoms with Gasteiger partial charge in [0.05, 0.1) is 0 Å². The van der Waals surface area contributed by atoms with Crippen molar-refractivity contribution >= 4 is 5.91 Å². The predicted molar refractivity (Wildman–Crippen MR) is 46.5 cm³/mol. The summed E-state index contributed by atoms with van der Waals surface area (Å²) < 4.78 is 0. The number of nitrogens with zero attached hydrogens (tertiary/aromatic N) is 3. The largest absolute Gasteiger partial charge is 0.359 e. The number of amides is 1. The van der Waals surface area contributed by atoms with E-state index in [0.29, 0.717) is 13.0 Å². The molecule has 5 nitrogen and oxygen atoms in total. The van der Waals surface area contributed by atoms with Gasteiger partial charge in [0, 0.05) is 24.9 Å².